The first-order valence-corrected chi connectivity index (χ1v) is 11.1. The van der Waals surface area contributed by atoms with E-state index in [0.29, 0.717) is 16.5 Å². The molecule has 32 heavy (non-hydrogen) atoms. The van der Waals surface area contributed by atoms with Gasteiger partial charge in [-0.1, -0.05) is 11.6 Å². The van der Waals surface area contributed by atoms with Crippen LogP contribution < -0.4 is 15.4 Å². The molecule has 7 nitrogen and oxygen atoms in total. The van der Waals surface area contributed by atoms with Crippen LogP contribution in [0.2, 0.25) is 5.02 Å². The lowest BCUT2D eigenvalue weighted by atomic mass is 9.87. The van der Waals surface area contributed by atoms with Gasteiger partial charge in [0.05, 0.1) is 24.8 Å². The molecule has 1 aromatic heterocycles. The number of pyridine rings is 1. The van der Waals surface area contributed by atoms with Crippen LogP contribution in [0, 0.1) is 16.7 Å². The number of nitrogens with zero attached hydrogens (tertiary/aromatic N) is 3. The minimum absolute atomic E-state index is 0.0239. The Kier molecular flexibility index (Phi) is 7.94. The van der Waals surface area contributed by atoms with E-state index in [-0.39, 0.29) is 23.4 Å². The predicted molar refractivity (Wildman–Crippen MR) is 126 cm³/mol. The normalized spacial score (nSPS) is 19.1. The van der Waals surface area contributed by atoms with Crippen LogP contribution in [0.1, 0.15) is 38.3 Å². The molecule has 170 valence electrons. The molecule has 1 aliphatic rings. The number of urea groups is 1. The van der Waals surface area contributed by atoms with Crippen molar-refractivity contribution in [1.29, 1.82) is 5.26 Å². The molecule has 1 saturated heterocycles. The fraction of sp³-hybridized carbons (Fsp3) is 0.458. The van der Waals surface area contributed by atoms with Gasteiger partial charge in [0.1, 0.15) is 5.75 Å². The number of halogens is 1. The van der Waals surface area contributed by atoms with Gasteiger partial charge in [-0.3, -0.25) is 4.98 Å². The van der Waals surface area contributed by atoms with Crippen LogP contribution in [-0.2, 0) is 0 Å². The zero-order chi connectivity index (χ0) is 23.1. The van der Waals surface area contributed by atoms with Crippen LogP contribution in [-0.4, -0.2) is 48.7 Å². The zero-order valence-corrected chi connectivity index (χ0v) is 19.5. The average Bonchev–Trinajstić information content (AvgIpc) is 2.80. The number of rotatable bonds is 7. The molecule has 0 saturated carbocycles. The van der Waals surface area contributed by atoms with Gasteiger partial charge < -0.3 is 20.3 Å². The average molecular weight is 456 g/mol. The number of aromatic nitrogens is 1. The van der Waals surface area contributed by atoms with Gasteiger partial charge in [0.25, 0.3) is 0 Å². The Hall–Kier alpha value is -2.82. The van der Waals surface area contributed by atoms with E-state index >= 15 is 0 Å². The molecule has 0 spiro atoms. The summed E-state index contributed by atoms with van der Waals surface area (Å²) >= 11 is 5.92. The second-order valence-corrected chi connectivity index (χ2v) is 9.21. The lowest BCUT2D eigenvalue weighted by Crippen LogP contribution is -2.51. The number of ether oxygens (including phenoxy) is 1. The van der Waals surface area contributed by atoms with Gasteiger partial charge in [-0.2, -0.15) is 5.26 Å². The molecule has 8 heteroatoms. The van der Waals surface area contributed by atoms with Crippen LogP contribution in [0.5, 0.6) is 5.75 Å². The summed E-state index contributed by atoms with van der Waals surface area (Å²) in [4.78, 5) is 19.6. The molecular weight excluding hydrogens is 426 g/mol. The summed E-state index contributed by atoms with van der Waals surface area (Å²) in [5.74, 6) is 0.720. The first-order chi connectivity index (χ1) is 15.3. The molecule has 0 aliphatic carbocycles. The van der Waals surface area contributed by atoms with E-state index < -0.39 is 0 Å². The molecule has 2 atom stereocenters. The number of carbonyl (C=O) groups is 1. The van der Waals surface area contributed by atoms with Gasteiger partial charge in [-0.15, -0.1) is 0 Å². The monoisotopic (exact) mass is 455 g/mol. The van der Waals surface area contributed by atoms with Crippen molar-refractivity contribution in [1.82, 2.24) is 15.2 Å². The van der Waals surface area contributed by atoms with E-state index in [0.717, 1.165) is 38.2 Å². The third kappa shape index (κ3) is 6.59. The Balaban J connectivity index is 1.70. The van der Waals surface area contributed by atoms with Gasteiger partial charge in [-0.05, 0) is 69.6 Å². The maximum absolute atomic E-state index is 12.7. The van der Waals surface area contributed by atoms with Crippen LogP contribution in [0.15, 0.2) is 42.6 Å². The highest BCUT2D eigenvalue weighted by Crippen LogP contribution is 2.29. The van der Waals surface area contributed by atoms with Crippen molar-refractivity contribution in [2.75, 3.05) is 32.1 Å². The first-order valence-electron chi connectivity index (χ1n) is 10.8. The van der Waals surface area contributed by atoms with Crippen LogP contribution in [0.4, 0.5) is 10.5 Å². The van der Waals surface area contributed by atoms with E-state index in [2.05, 4.69) is 26.6 Å². The second kappa shape index (κ2) is 10.7. The quantitative estimate of drug-likeness (QED) is 0.633. The van der Waals surface area contributed by atoms with E-state index in [1.165, 1.54) is 0 Å². The van der Waals surface area contributed by atoms with Gasteiger partial charge >= 0.3 is 6.03 Å². The van der Waals surface area contributed by atoms with Gasteiger partial charge in [-0.25, -0.2) is 4.79 Å². The predicted octanol–water partition coefficient (Wildman–Crippen LogP) is 4.66. The number of likely N-dealkylation sites (tertiary alicyclic amines) is 1. The van der Waals surface area contributed by atoms with Crippen molar-refractivity contribution in [2.24, 2.45) is 5.41 Å². The Morgan fingerprint density at radius 1 is 1.31 bits per heavy atom. The van der Waals surface area contributed by atoms with Gasteiger partial charge in [0.15, 0.2) is 0 Å². The molecular formula is C24H30ClN5O2. The second-order valence-electron chi connectivity index (χ2n) is 8.78. The topological polar surface area (TPSA) is 90.3 Å². The Labute approximate surface area is 194 Å². The lowest BCUT2D eigenvalue weighted by molar-refractivity contribution is 0.161. The van der Waals surface area contributed by atoms with Crippen LogP contribution >= 0.6 is 11.6 Å². The Morgan fingerprint density at radius 3 is 2.69 bits per heavy atom. The minimum Gasteiger partial charge on any atom is -0.495 e. The third-order valence-electron chi connectivity index (χ3n) is 5.85. The molecule has 0 bridgehead atoms. The number of methoxy groups -OCH3 is 1. The zero-order valence-electron chi connectivity index (χ0n) is 18.8. The largest absolute Gasteiger partial charge is 0.495 e. The summed E-state index contributed by atoms with van der Waals surface area (Å²) in [7, 11) is 1.61. The van der Waals surface area contributed by atoms with E-state index in [1.54, 1.807) is 37.6 Å². The number of hydrogen-bond donors (Lipinski definition) is 2. The lowest BCUT2D eigenvalue weighted by Gasteiger charge is -2.39. The van der Waals surface area contributed by atoms with Crippen molar-refractivity contribution in [3.8, 4) is 11.8 Å². The van der Waals surface area contributed by atoms with Crippen LogP contribution in [0.25, 0.3) is 0 Å². The molecule has 2 heterocycles. The van der Waals surface area contributed by atoms with Gasteiger partial charge in [0.2, 0.25) is 0 Å². The van der Waals surface area contributed by atoms with Crippen molar-refractivity contribution in [3.05, 3.63) is 53.3 Å². The highest BCUT2D eigenvalue weighted by atomic mass is 35.5. The van der Waals surface area contributed by atoms with E-state index in [1.807, 2.05) is 26.0 Å². The van der Waals surface area contributed by atoms with E-state index in [9.17, 15) is 10.1 Å². The summed E-state index contributed by atoms with van der Waals surface area (Å²) in [5, 5.41) is 15.9. The SMILES string of the molecule is COc1ccc(C2CN(CCC(C)(C)C#N)CCC2NC(=O)Nc2ccc(Cl)cc2)nc1. The fourth-order valence-corrected chi connectivity index (χ4v) is 3.92. The number of nitriles is 1. The highest BCUT2D eigenvalue weighted by Gasteiger charge is 2.33. The molecule has 2 unspecified atom stereocenters. The molecule has 1 aromatic carbocycles. The summed E-state index contributed by atoms with van der Waals surface area (Å²) in [6, 6.07) is 12.9. The van der Waals surface area contributed by atoms with Crippen molar-refractivity contribution in [3.63, 3.8) is 0 Å². The number of benzene rings is 1. The van der Waals surface area contributed by atoms with E-state index in [4.69, 9.17) is 16.3 Å². The summed E-state index contributed by atoms with van der Waals surface area (Å²) in [5.41, 5.74) is 1.23. The minimum atomic E-state index is -0.360. The maximum atomic E-state index is 12.7. The standard InChI is InChI=1S/C24H30ClN5O2/c1-24(2,16-26)11-13-30-12-10-22(20(15-30)21-9-8-19(32-3)14-27-21)29-23(31)28-18-6-4-17(25)5-7-18/h4-9,14,20,22H,10-13,15H2,1-3H3,(H2,28,29,31). The number of piperidine rings is 1. The number of anilines is 1. The van der Waals surface area contributed by atoms with Crippen LogP contribution in [0.3, 0.4) is 0 Å². The first kappa shape index (κ1) is 23.8. The molecule has 1 fully saturated rings. The number of amides is 2. The van der Waals surface area contributed by atoms with Crippen molar-refractivity contribution < 1.29 is 9.53 Å². The fourth-order valence-electron chi connectivity index (χ4n) is 3.79. The summed E-state index contributed by atoms with van der Waals surface area (Å²) < 4.78 is 5.24. The molecule has 2 N–H and O–H groups in total. The molecule has 3 rings (SSSR count). The van der Waals surface area contributed by atoms with Gasteiger partial charge in [0, 0.05) is 41.5 Å². The van der Waals surface area contributed by atoms with Crippen molar-refractivity contribution >= 4 is 23.3 Å². The Morgan fingerprint density at radius 2 is 2.06 bits per heavy atom. The third-order valence-corrected chi connectivity index (χ3v) is 6.10. The molecule has 0 radical (unpaired) electrons. The molecule has 2 amide bonds. The smallest absolute Gasteiger partial charge is 0.319 e. The number of nitrogens with one attached hydrogen (secondary N) is 2. The number of carbonyl (C=O) groups excluding carboxylic acids is 1. The number of hydrogen-bond acceptors (Lipinski definition) is 5. The molecule has 1 aliphatic heterocycles. The van der Waals surface area contributed by atoms with Crippen molar-refractivity contribution in [2.45, 2.75) is 38.6 Å². The summed E-state index contributed by atoms with van der Waals surface area (Å²) in [6.07, 6.45) is 3.29. The maximum Gasteiger partial charge on any atom is 0.319 e. The molecule has 2 aromatic rings. The Bertz CT molecular complexity index is 940. The highest BCUT2D eigenvalue weighted by molar-refractivity contribution is 6.30. The summed E-state index contributed by atoms with van der Waals surface area (Å²) in [6.45, 7) is 6.36.